The third-order valence-corrected chi connectivity index (χ3v) is 2.59. The van der Waals surface area contributed by atoms with E-state index in [0.29, 0.717) is 18.2 Å². The van der Waals surface area contributed by atoms with E-state index < -0.39 is 5.97 Å². The zero-order valence-electron chi connectivity index (χ0n) is 11.8. The van der Waals surface area contributed by atoms with Crippen molar-refractivity contribution in [3.05, 3.63) is 12.4 Å². The van der Waals surface area contributed by atoms with Crippen molar-refractivity contribution in [1.82, 2.24) is 9.97 Å². The van der Waals surface area contributed by atoms with Gasteiger partial charge in [-0.05, 0) is 27.7 Å². The molecular weight excluding hydrogens is 246 g/mol. The quantitative estimate of drug-likeness (QED) is 0.813. The minimum atomic E-state index is -0.825. The van der Waals surface area contributed by atoms with E-state index in [9.17, 15) is 4.79 Å². The summed E-state index contributed by atoms with van der Waals surface area (Å²) in [6.07, 6.45) is 3.26. The highest BCUT2D eigenvalue weighted by atomic mass is 16.5. The Balaban J connectivity index is 2.88. The van der Waals surface area contributed by atoms with Gasteiger partial charge in [0.2, 0.25) is 5.88 Å². The SMILES string of the molecule is CCN(c1cncc(OC(C)C)n1)C(C)CC(=O)O. The number of anilines is 1. The van der Waals surface area contributed by atoms with Crippen molar-refractivity contribution < 1.29 is 14.6 Å². The van der Waals surface area contributed by atoms with E-state index in [1.54, 1.807) is 12.4 Å². The van der Waals surface area contributed by atoms with Gasteiger partial charge >= 0.3 is 5.97 Å². The van der Waals surface area contributed by atoms with Gasteiger partial charge in [-0.15, -0.1) is 0 Å². The lowest BCUT2D eigenvalue weighted by Gasteiger charge is -2.28. The molecule has 0 aliphatic rings. The number of carboxylic acid groups (broad SMARTS) is 1. The van der Waals surface area contributed by atoms with Gasteiger partial charge < -0.3 is 14.7 Å². The first-order valence-electron chi connectivity index (χ1n) is 6.41. The zero-order chi connectivity index (χ0) is 14.4. The lowest BCUT2D eigenvalue weighted by Crippen LogP contribution is -2.35. The van der Waals surface area contributed by atoms with Gasteiger partial charge in [-0.3, -0.25) is 9.78 Å². The van der Waals surface area contributed by atoms with E-state index >= 15 is 0 Å². The number of carbonyl (C=O) groups is 1. The van der Waals surface area contributed by atoms with E-state index in [1.165, 1.54) is 0 Å². The molecule has 0 bridgehead atoms. The van der Waals surface area contributed by atoms with Gasteiger partial charge in [0, 0.05) is 12.6 Å². The van der Waals surface area contributed by atoms with Gasteiger partial charge in [0.15, 0.2) is 5.82 Å². The fourth-order valence-electron chi connectivity index (χ4n) is 1.84. The molecule has 0 saturated heterocycles. The molecular formula is C13H21N3O3. The van der Waals surface area contributed by atoms with E-state index in [2.05, 4.69) is 9.97 Å². The molecule has 1 aromatic heterocycles. The maximum Gasteiger partial charge on any atom is 0.305 e. The van der Waals surface area contributed by atoms with Crippen LogP contribution in [0.2, 0.25) is 0 Å². The lowest BCUT2D eigenvalue weighted by molar-refractivity contribution is -0.137. The van der Waals surface area contributed by atoms with Crippen LogP contribution in [0.5, 0.6) is 5.88 Å². The number of rotatable bonds is 7. The Morgan fingerprint density at radius 1 is 1.42 bits per heavy atom. The predicted octanol–water partition coefficient (Wildman–Crippen LogP) is 1.95. The number of aliphatic carboxylic acids is 1. The second kappa shape index (κ2) is 6.92. The molecule has 0 spiro atoms. The van der Waals surface area contributed by atoms with Gasteiger partial charge in [-0.25, -0.2) is 0 Å². The molecule has 1 rings (SSSR count). The Morgan fingerprint density at radius 3 is 2.63 bits per heavy atom. The highest BCUT2D eigenvalue weighted by molar-refractivity contribution is 5.68. The van der Waals surface area contributed by atoms with Crippen molar-refractivity contribution in [2.45, 2.75) is 46.3 Å². The van der Waals surface area contributed by atoms with Gasteiger partial charge in [0.1, 0.15) is 0 Å². The summed E-state index contributed by atoms with van der Waals surface area (Å²) in [6, 6.07) is -0.147. The second-order valence-corrected chi connectivity index (χ2v) is 4.62. The number of aromatic nitrogens is 2. The fraction of sp³-hybridized carbons (Fsp3) is 0.615. The molecule has 1 N–H and O–H groups in total. The van der Waals surface area contributed by atoms with Crippen LogP contribution in [0, 0.1) is 0 Å². The molecule has 0 amide bonds. The zero-order valence-corrected chi connectivity index (χ0v) is 11.8. The highest BCUT2D eigenvalue weighted by Gasteiger charge is 2.18. The summed E-state index contributed by atoms with van der Waals surface area (Å²) in [5, 5.41) is 8.86. The summed E-state index contributed by atoms with van der Waals surface area (Å²) >= 11 is 0. The van der Waals surface area contributed by atoms with Crippen LogP contribution in [-0.4, -0.2) is 39.7 Å². The average molecular weight is 267 g/mol. The molecule has 106 valence electrons. The summed E-state index contributed by atoms with van der Waals surface area (Å²) in [5.74, 6) is 0.261. The van der Waals surface area contributed by atoms with Crippen LogP contribution in [-0.2, 0) is 4.79 Å². The second-order valence-electron chi connectivity index (χ2n) is 4.62. The number of carboxylic acids is 1. The third-order valence-electron chi connectivity index (χ3n) is 2.59. The molecule has 19 heavy (non-hydrogen) atoms. The van der Waals surface area contributed by atoms with Crippen molar-refractivity contribution in [1.29, 1.82) is 0 Å². The number of hydrogen-bond acceptors (Lipinski definition) is 5. The third kappa shape index (κ3) is 4.73. The summed E-state index contributed by atoms with van der Waals surface area (Å²) < 4.78 is 5.49. The molecule has 0 fully saturated rings. The van der Waals surface area contributed by atoms with Crippen LogP contribution >= 0.6 is 0 Å². The van der Waals surface area contributed by atoms with Crippen molar-refractivity contribution in [2.75, 3.05) is 11.4 Å². The fourth-order valence-corrected chi connectivity index (χ4v) is 1.84. The molecule has 0 aromatic carbocycles. The Bertz CT molecular complexity index is 423. The molecule has 1 unspecified atom stereocenters. The Hall–Kier alpha value is -1.85. The standard InChI is InChI=1S/C13H21N3O3/c1-5-16(10(4)6-13(17)18)11-7-14-8-12(15-11)19-9(2)3/h7-10H,5-6H2,1-4H3,(H,17,18). The first-order chi connectivity index (χ1) is 8.93. The van der Waals surface area contributed by atoms with Gasteiger partial charge in [-0.2, -0.15) is 4.98 Å². The van der Waals surface area contributed by atoms with E-state index in [1.807, 2.05) is 32.6 Å². The molecule has 1 atom stereocenters. The van der Waals surface area contributed by atoms with Crippen LogP contribution in [0.3, 0.4) is 0 Å². The summed E-state index contributed by atoms with van der Waals surface area (Å²) in [7, 11) is 0. The summed E-state index contributed by atoms with van der Waals surface area (Å²) in [6.45, 7) is 8.30. The van der Waals surface area contributed by atoms with E-state index in [4.69, 9.17) is 9.84 Å². The normalized spacial score (nSPS) is 12.3. The average Bonchev–Trinajstić information content (AvgIpc) is 2.28. The van der Waals surface area contributed by atoms with E-state index in [0.717, 1.165) is 0 Å². The summed E-state index contributed by atoms with van der Waals surface area (Å²) in [5.41, 5.74) is 0. The number of hydrogen-bond donors (Lipinski definition) is 1. The molecule has 0 radical (unpaired) electrons. The van der Waals surface area contributed by atoms with Crippen molar-refractivity contribution >= 4 is 11.8 Å². The number of ether oxygens (including phenoxy) is 1. The summed E-state index contributed by atoms with van der Waals surface area (Å²) in [4.78, 5) is 21.1. The first-order valence-corrected chi connectivity index (χ1v) is 6.41. The van der Waals surface area contributed by atoms with Crippen molar-refractivity contribution in [3.8, 4) is 5.88 Å². The Labute approximate surface area is 113 Å². The van der Waals surface area contributed by atoms with Gasteiger partial charge in [-0.1, -0.05) is 0 Å². The topological polar surface area (TPSA) is 75.5 Å². The Kier molecular flexibility index (Phi) is 5.54. The Morgan fingerprint density at radius 2 is 2.11 bits per heavy atom. The first kappa shape index (κ1) is 15.2. The van der Waals surface area contributed by atoms with Crippen LogP contribution in [0.1, 0.15) is 34.1 Å². The molecule has 1 heterocycles. The van der Waals surface area contributed by atoms with Gasteiger partial charge in [0.05, 0.1) is 24.9 Å². The maximum atomic E-state index is 10.8. The lowest BCUT2D eigenvalue weighted by atomic mass is 10.2. The molecule has 0 saturated carbocycles. The van der Waals surface area contributed by atoms with Crippen LogP contribution in [0.15, 0.2) is 12.4 Å². The minimum absolute atomic E-state index is 0.0241. The molecule has 1 aromatic rings. The molecule has 6 heteroatoms. The number of nitrogens with zero attached hydrogens (tertiary/aromatic N) is 3. The van der Waals surface area contributed by atoms with Crippen LogP contribution < -0.4 is 9.64 Å². The smallest absolute Gasteiger partial charge is 0.305 e. The van der Waals surface area contributed by atoms with E-state index in [-0.39, 0.29) is 18.6 Å². The predicted molar refractivity (Wildman–Crippen MR) is 72.5 cm³/mol. The molecule has 0 aliphatic heterocycles. The molecule has 6 nitrogen and oxygen atoms in total. The van der Waals surface area contributed by atoms with Crippen molar-refractivity contribution in [2.24, 2.45) is 0 Å². The minimum Gasteiger partial charge on any atom is -0.481 e. The van der Waals surface area contributed by atoms with Gasteiger partial charge in [0.25, 0.3) is 0 Å². The maximum absolute atomic E-state index is 10.8. The van der Waals surface area contributed by atoms with Crippen LogP contribution in [0.25, 0.3) is 0 Å². The highest BCUT2D eigenvalue weighted by Crippen LogP contribution is 2.18. The monoisotopic (exact) mass is 267 g/mol. The van der Waals surface area contributed by atoms with Crippen molar-refractivity contribution in [3.63, 3.8) is 0 Å². The van der Waals surface area contributed by atoms with Crippen LogP contribution in [0.4, 0.5) is 5.82 Å². The molecule has 0 aliphatic carbocycles. The largest absolute Gasteiger partial charge is 0.481 e.